The number of ether oxygens (including phenoxy) is 1. The smallest absolute Gasteiger partial charge is 0.259 e. The summed E-state index contributed by atoms with van der Waals surface area (Å²) in [6.07, 6.45) is 3.99. The van der Waals surface area contributed by atoms with E-state index < -0.39 is 5.91 Å². The summed E-state index contributed by atoms with van der Waals surface area (Å²) < 4.78 is 7.82. The molecule has 0 spiro atoms. The molecule has 20 heavy (non-hydrogen) atoms. The van der Waals surface area contributed by atoms with Gasteiger partial charge in [-0.05, 0) is 44.4 Å². The first-order valence-electron chi connectivity index (χ1n) is 6.73. The van der Waals surface area contributed by atoms with Crippen LogP contribution in [0.3, 0.4) is 0 Å². The molecular formula is C15H19N3O2. The second-order valence-corrected chi connectivity index (χ2v) is 5.11. The maximum Gasteiger partial charge on any atom is 0.259 e. The molecule has 1 aromatic heterocycles. The normalized spacial score (nSPS) is 19.1. The molecule has 0 unspecified atom stereocenters. The van der Waals surface area contributed by atoms with Crippen LogP contribution in [0.5, 0.6) is 0 Å². The van der Waals surface area contributed by atoms with Crippen molar-refractivity contribution in [2.45, 2.75) is 39.3 Å². The number of nitrogens with zero attached hydrogens (tertiary/aromatic N) is 2. The van der Waals surface area contributed by atoms with E-state index in [4.69, 9.17) is 15.7 Å². The van der Waals surface area contributed by atoms with Crippen LogP contribution in [0.15, 0.2) is 11.6 Å². The minimum absolute atomic E-state index is 0.0256. The van der Waals surface area contributed by atoms with E-state index in [0.29, 0.717) is 0 Å². The molecule has 2 heterocycles. The minimum Gasteiger partial charge on any atom is -0.376 e. The van der Waals surface area contributed by atoms with E-state index in [-0.39, 0.29) is 11.7 Å². The fourth-order valence-electron chi connectivity index (χ4n) is 2.56. The van der Waals surface area contributed by atoms with Gasteiger partial charge in [0.05, 0.1) is 6.10 Å². The highest BCUT2D eigenvalue weighted by Gasteiger charge is 2.18. The molecule has 1 amide bonds. The third kappa shape index (κ3) is 2.91. The molecule has 0 radical (unpaired) electrons. The number of aromatic nitrogens is 1. The van der Waals surface area contributed by atoms with Crippen molar-refractivity contribution in [3.05, 3.63) is 28.6 Å². The lowest BCUT2D eigenvalue weighted by Crippen LogP contribution is -2.17. The zero-order chi connectivity index (χ0) is 14.7. The van der Waals surface area contributed by atoms with Crippen molar-refractivity contribution in [1.82, 2.24) is 4.57 Å². The maximum atomic E-state index is 11.1. The van der Waals surface area contributed by atoms with E-state index >= 15 is 0 Å². The number of nitrogens with two attached hydrogens (primary N) is 1. The molecule has 0 aliphatic carbocycles. The Labute approximate surface area is 118 Å². The van der Waals surface area contributed by atoms with E-state index in [2.05, 4.69) is 4.57 Å². The Bertz CT molecular complexity index is 587. The van der Waals surface area contributed by atoms with Crippen molar-refractivity contribution >= 4 is 12.0 Å². The number of amides is 1. The highest BCUT2D eigenvalue weighted by atomic mass is 16.5. The minimum atomic E-state index is -0.698. The van der Waals surface area contributed by atoms with Crippen LogP contribution in [0.25, 0.3) is 6.08 Å². The molecule has 1 aliphatic heterocycles. The molecule has 0 saturated carbocycles. The lowest BCUT2D eigenvalue weighted by Gasteiger charge is -2.14. The lowest BCUT2D eigenvalue weighted by atomic mass is 10.1. The molecule has 1 saturated heterocycles. The van der Waals surface area contributed by atoms with Crippen LogP contribution in [0.2, 0.25) is 0 Å². The average Bonchev–Trinajstić information content (AvgIpc) is 3.00. The molecule has 1 atom stereocenters. The Morgan fingerprint density at radius 1 is 1.65 bits per heavy atom. The second kappa shape index (κ2) is 5.93. The van der Waals surface area contributed by atoms with Crippen molar-refractivity contribution in [3.8, 4) is 6.07 Å². The van der Waals surface area contributed by atoms with Gasteiger partial charge in [0.15, 0.2) is 0 Å². The predicted molar refractivity (Wildman–Crippen MR) is 75.7 cm³/mol. The van der Waals surface area contributed by atoms with Crippen LogP contribution in [0.1, 0.15) is 29.8 Å². The standard InChI is InChI=1S/C15H19N3O2/c1-10-6-12(7-13(8-16)15(17)19)11(2)18(10)9-14-4-3-5-20-14/h6-7,14H,3-5,9H2,1-2H3,(H2,17,19)/b13-7+/t14-/m1/s1. The van der Waals surface area contributed by atoms with Crippen molar-refractivity contribution in [1.29, 1.82) is 5.26 Å². The zero-order valence-corrected chi connectivity index (χ0v) is 11.8. The molecule has 5 nitrogen and oxygen atoms in total. The number of carbonyl (C=O) groups excluding carboxylic acids is 1. The Balaban J connectivity index is 2.28. The van der Waals surface area contributed by atoms with Crippen molar-refractivity contribution in [2.24, 2.45) is 5.73 Å². The van der Waals surface area contributed by atoms with Crippen LogP contribution in [0, 0.1) is 25.2 Å². The number of hydrogen-bond acceptors (Lipinski definition) is 3. The molecule has 1 aliphatic rings. The predicted octanol–water partition coefficient (Wildman–Crippen LogP) is 1.68. The zero-order valence-electron chi connectivity index (χ0n) is 11.8. The van der Waals surface area contributed by atoms with Crippen molar-refractivity contribution in [2.75, 3.05) is 6.61 Å². The van der Waals surface area contributed by atoms with E-state index in [9.17, 15) is 4.79 Å². The fraction of sp³-hybridized carbons (Fsp3) is 0.467. The summed E-state index contributed by atoms with van der Waals surface area (Å²) in [5.74, 6) is -0.698. The first-order valence-corrected chi connectivity index (χ1v) is 6.73. The molecule has 5 heteroatoms. The first-order chi connectivity index (χ1) is 9.52. The molecule has 2 N–H and O–H groups in total. The number of hydrogen-bond donors (Lipinski definition) is 1. The Hall–Kier alpha value is -2.06. The second-order valence-electron chi connectivity index (χ2n) is 5.11. The van der Waals surface area contributed by atoms with E-state index in [0.717, 1.165) is 42.9 Å². The fourth-order valence-corrected chi connectivity index (χ4v) is 2.56. The number of rotatable bonds is 4. The van der Waals surface area contributed by atoms with E-state index in [1.165, 1.54) is 0 Å². The Kier molecular flexibility index (Phi) is 4.26. The molecule has 0 aromatic carbocycles. The summed E-state index contributed by atoms with van der Waals surface area (Å²) in [5, 5.41) is 8.91. The third-order valence-electron chi connectivity index (χ3n) is 3.71. The third-order valence-corrected chi connectivity index (χ3v) is 3.71. The molecule has 1 aromatic rings. The molecular weight excluding hydrogens is 254 g/mol. The first kappa shape index (κ1) is 14.4. The summed E-state index contributed by atoms with van der Waals surface area (Å²) in [6.45, 7) is 5.63. The van der Waals surface area contributed by atoms with Gasteiger partial charge in [-0.3, -0.25) is 4.79 Å². The summed E-state index contributed by atoms with van der Waals surface area (Å²) in [7, 11) is 0. The highest BCUT2D eigenvalue weighted by molar-refractivity contribution is 6.00. The van der Waals surface area contributed by atoms with Gasteiger partial charge in [0.2, 0.25) is 0 Å². The quantitative estimate of drug-likeness (QED) is 0.669. The SMILES string of the molecule is Cc1cc(/C=C(\C#N)C(N)=O)c(C)n1C[C@H]1CCCO1. The molecule has 1 fully saturated rings. The van der Waals surface area contributed by atoms with Crippen LogP contribution in [-0.2, 0) is 16.1 Å². The van der Waals surface area contributed by atoms with Gasteiger partial charge < -0.3 is 15.0 Å². The van der Waals surface area contributed by atoms with Gasteiger partial charge in [-0.1, -0.05) is 0 Å². The average molecular weight is 273 g/mol. The summed E-state index contributed by atoms with van der Waals surface area (Å²) in [6, 6.07) is 3.79. The van der Waals surface area contributed by atoms with Crippen LogP contribution in [0.4, 0.5) is 0 Å². The van der Waals surface area contributed by atoms with Crippen molar-refractivity contribution < 1.29 is 9.53 Å². The van der Waals surface area contributed by atoms with Crippen LogP contribution >= 0.6 is 0 Å². The van der Waals surface area contributed by atoms with E-state index in [1.54, 1.807) is 6.08 Å². The van der Waals surface area contributed by atoms with Gasteiger partial charge in [-0.25, -0.2) is 0 Å². The molecule has 106 valence electrons. The summed E-state index contributed by atoms with van der Waals surface area (Å²) in [5.41, 5.74) is 8.11. The monoisotopic (exact) mass is 273 g/mol. The number of carbonyl (C=O) groups is 1. The highest BCUT2D eigenvalue weighted by Crippen LogP contribution is 2.21. The largest absolute Gasteiger partial charge is 0.376 e. The number of primary amides is 1. The molecule has 2 rings (SSSR count). The van der Waals surface area contributed by atoms with E-state index in [1.807, 2.05) is 26.0 Å². The summed E-state index contributed by atoms with van der Waals surface area (Å²) in [4.78, 5) is 11.1. The van der Waals surface area contributed by atoms with Gasteiger partial charge in [0.1, 0.15) is 11.6 Å². The lowest BCUT2D eigenvalue weighted by molar-refractivity contribution is -0.114. The number of nitriles is 1. The van der Waals surface area contributed by atoms with Gasteiger partial charge in [-0.2, -0.15) is 5.26 Å². The van der Waals surface area contributed by atoms with Gasteiger partial charge in [0.25, 0.3) is 5.91 Å². The van der Waals surface area contributed by atoms with Crippen molar-refractivity contribution in [3.63, 3.8) is 0 Å². The van der Waals surface area contributed by atoms with Crippen LogP contribution in [-0.4, -0.2) is 23.2 Å². The topological polar surface area (TPSA) is 81.0 Å². The number of aryl methyl sites for hydroxylation is 1. The van der Waals surface area contributed by atoms with Gasteiger partial charge in [0, 0.05) is 24.5 Å². The van der Waals surface area contributed by atoms with Gasteiger partial charge >= 0.3 is 0 Å². The van der Waals surface area contributed by atoms with Crippen LogP contribution < -0.4 is 5.73 Å². The maximum absolute atomic E-state index is 11.1. The summed E-state index contributed by atoms with van der Waals surface area (Å²) >= 11 is 0. The Morgan fingerprint density at radius 3 is 2.95 bits per heavy atom. The Morgan fingerprint density at radius 2 is 2.40 bits per heavy atom. The molecule has 0 bridgehead atoms. The van der Waals surface area contributed by atoms with Gasteiger partial charge in [-0.15, -0.1) is 0 Å².